The molecule has 3 aromatic carbocycles. The number of fused-ring (bicyclic) bond motifs is 1. The number of H-pyrrole nitrogens is 1. The van der Waals surface area contributed by atoms with Crippen molar-refractivity contribution in [2.75, 3.05) is 0 Å². The number of nitrogens with zero attached hydrogens (tertiary/aromatic N) is 1. The van der Waals surface area contributed by atoms with E-state index in [4.69, 9.17) is 10.5 Å². The number of rotatable bonds is 4. The van der Waals surface area contributed by atoms with Gasteiger partial charge in [0.2, 0.25) is 0 Å². The van der Waals surface area contributed by atoms with Gasteiger partial charge in [-0.05, 0) is 12.1 Å². The highest BCUT2D eigenvalue weighted by molar-refractivity contribution is 6.09. The SMILES string of the molecule is NC(=O)Oc1ccc2[nH]c(-c3ccc(C(=O)c4ccccc4)cc3)nc2c1. The molecule has 4 rings (SSSR count). The van der Waals surface area contributed by atoms with Crippen molar-refractivity contribution in [3.05, 3.63) is 83.9 Å². The number of aromatic amines is 1. The van der Waals surface area contributed by atoms with Crippen LogP contribution in [0.4, 0.5) is 4.79 Å². The molecule has 1 aromatic heterocycles. The average Bonchev–Trinajstić information content (AvgIpc) is 3.11. The summed E-state index contributed by atoms with van der Waals surface area (Å²) in [5, 5.41) is 0. The number of aromatic nitrogens is 2. The van der Waals surface area contributed by atoms with Gasteiger partial charge in [0.25, 0.3) is 0 Å². The third kappa shape index (κ3) is 3.41. The molecular weight excluding hydrogens is 342 g/mol. The fourth-order valence-corrected chi connectivity index (χ4v) is 2.84. The van der Waals surface area contributed by atoms with Crippen LogP contribution in [0.3, 0.4) is 0 Å². The highest BCUT2D eigenvalue weighted by atomic mass is 16.5. The molecule has 27 heavy (non-hydrogen) atoms. The number of benzene rings is 3. The van der Waals surface area contributed by atoms with Gasteiger partial charge in [0.05, 0.1) is 11.0 Å². The maximum Gasteiger partial charge on any atom is 0.409 e. The van der Waals surface area contributed by atoms with E-state index in [1.165, 1.54) is 0 Å². The van der Waals surface area contributed by atoms with E-state index in [0.29, 0.717) is 28.2 Å². The molecule has 0 radical (unpaired) electrons. The summed E-state index contributed by atoms with van der Waals surface area (Å²) in [5.41, 5.74) is 8.57. The molecule has 3 N–H and O–H groups in total. The van der Waals surface area contributed by atoms with Crippen molar-refractivity contribution < 1.29 is 14.3 Å². The lowest BCUT2D eigenvalue weighted by molar-refractivity contribution is 0.103. The number of hydrogen-bond acceptors (Lipinski definition) is 4. The van der Waals surface area contributed by atoms with E-state index in [9.17, 15) is 9.59 Å². The van der Waals surface area contributed by atoms with Gasteiger partial charge in [-0.25, -0.2) is 9.78 Å². The predicted octanol–water partition coefficient (Wildman–Crippen LogP) is 3.92. The number of ether oxygens (including phenoxy) is 1. The summed E-state index contributed by atoms with van der Waals surface area (Å²) in [6, 6.07) is 21.4. The van der Waals surface area contributed by atoms with Gasteiger partial charge in [-0.2, -0.15) is 0 Å². The Morgan fingerprint density at radius 1 is 0.889 bits per heavy atom. The minimum atomic E-state index is -0.871. The van der Waals surface area contributed by atoms with Crippen LogP contribution >= 0.6 is 0 Å². The molecule has 0 saturated heterocycles. The summed E-state index contributed by atoms with van der Waals surface area (Å²) in [7, 11) is 0. The molecule has 0 spiro atoms. The Hall–Kier alpha value is -3.93. The molecule has 132 valence electrons. The van der Waals surface area contributed by atoms with Crippen molar-refractivity contribution in [2.45, 2.75) is 0 Å². The van der Waals surface area contributed by atoms with E-state index >= 15 is 0 Å². The number of hydrogen-bond donors (Lipinski definition) is 2. The van der Waals surface area contributed by atoms with Crippen LogP contribution in [0.5, 0.6) is 5.75 Å². The minimum Gasteiger partial charge on any atom is -0.410 e. The Morgan fingerprint density at radius 2 is 1.59 bits per heavy atom. The smallest absolute Gasteiger partial charge is 0.409 e. The highest BCUT2D eigenvalue weighted by Gasteiger charge is 2.11. The molecule has 6 nitrogen and oxygen atoms in total. The quantitative estimate of drug-likeness (QED) is 0.541. The summed E-state index contributed by atoms with van der Waals surface area (Å²) in [5.74, 6) is 0.955. The summed E-state index contributed by atoms with van der Waals surface area (Å²) in [4.78, 5) is 31.1. The number of carbonyl (C=O) groups excluding carboxylic acids is 2. The summed E-state index contributed by atoms with van der Waals surface area (Å²) >= 11 is 0. The van der Waals surface area contributed by atoms with Gasteiger partial charge in [-0.3, -0.25) is 4.79 Å². The maximum absolute atomic E-state index is 12.5. The third-order valence-electron chi connectivity index (χ3n) is 4.13. The minimum absolute atomic E-state index is 0.0278. The van der Waals surface area contributed by atoms with E-state index in [0.717, 1.165) is 11.1 Å². The second-order valence-corrected chi connectivity index (χ2v) is 5.96. The Labute approximate surface area is 154 Å². The Bertz CT molecular complexity index is 1130. The zero-order valence-corrected chi connectivity index (χ0v) is 14.2. The van der Waals surface area contributed by atoms with Crippen molar-refractivity contribution >= 4 is 22.9 Å². The van der Waals surface area contributed by atoms with Gasteiger partial charge >= 0.3 is 6.09 Å². The molecule has 1 heterocycles. The van der Waals surface area contributed by atoms with Crippen molar-refractivity contribution in [2.24, 2.45) is 5.73 Å². The van der Waals surface area contributed by atoms with Gasteiger partial charge in [-0.1, -0.05) is 54.6 Å². The van der Waals surface area contributed by atoms with Crippen LogP contribution in [-0.4, -0.2) is 21.8 Å². The molecule has 0 aliphatic heterocycles. The molecule has 0 aliphatic carbocycles. The second kappa shape index (κ2) is 6.76. The highest BCUT2D eigenvalue weighted by Crippen LogP contribution is 2.24. The van der Waals surface area contributed by atoms with Crippen molar-refractivity contribution in [1.82, 2.24) is 9.97 Å². The molecule has 1 amide bonds. The van der Waals surface area contributed by atoms with Gasteiger partial charge in [0.15, 0.2) is 5.78 Å². The number of carbonyl (C=O) groups is 2. The first kappa shape index (κ1) is 16.5. The summed E-state index contributed by atoms with van der Waals surface area (Å²) in [6.45, 7) is 0. The molecule has 0 unspecified atom stereocenters. The number of primary amides is 1. The largest absolute Gasteiger partial charge is 0.410 e. The lowest BCUT2D eigenvalue weighted by Crippen LogP contribution is -2.16. The van der Waals surface area contributed by atoms with Crippen LogP contribution in [0.2, 0.25) is 0 Å². The van der Waals surface area contributed by atoms with E-state index < -0.39 is 6.09 Å². The zero-order valence-electron chi connectivity index (χ0n) is 14.2. The van der Waals surface area contributed by atoms with Gasteiger partial charge in [0.1, 0.15) is 11.6 Å². The maximum atomic E-state index is 12.5. The summed E-state index contributed by atoms with van der Waals surface area (Å²) in [6.07, 6.45) is -0.871. The molecule has 0 fully saturated rings. The number of ketones is 1. The number of nitrogens with one attached hydrogen (secondary N) is 1. The molecule has 0 bridgehead atoms. The predicted molar refractivity (Wildman–Crippen MR) is 102 cm³/mol. The van der Waals surface area contributed by atoms with Gasteiger partial charge in [-0.15, -0.1) is 0 Å². The van der Waals surface area contributed by atoms with E-state index in [1.54, 1.807) is 42.5 Å². The molecule has 0 atom stereocenters. The van der Waals surface area contributed by atoms with Crippen molar-refractivity contribution in [3.63, 3.8) is 0 Å². The molecule has 4 aromatic rings. The summed E-state index contributed by atoms with van der Waals surface area (Å²) < 4.78 is 4.87. The van der Waals surface area contributed by atoms with Crippen LogP contribution in [0.1, 0.15) is 15.9 Å². The molecule has 0 saturated carbocycles. The van der Waals surface area contributed by atoms with Crippen LogP contribution in [-0.2, 0) is 0 Å². The first-order valence-corrected chi connectivity index (χ1v) is 8.27. The number of amides is 1. The van der Waals surface area contributed by atoms with Crippen LogP contribution < -0.4 is 10.5 Å². The molecule has 0 aliphatic rings. The lowest BCUT2D eigenvalue weighted by atomic mass is 10.0. The van der Waals surface area contributed by atoms with Gasteiger partial charge in [0, 0.05) is 22.8 Å². The molecule has 6 heteroatoms. The van der Waals surface area contributed by atoms with Crippen LogP contribution in [0, 0.1) is 0 Å². The standard InChI is InChI=1S/C21H15N3O3/c22-21(26)27-16-10-11-17-18(12-16)24-20(23-17)15-8-6-14(7-9-15)19(25)13-4-2-1-3-5-13/h1-12H,(H2,22,26)(H,23,24). The fourth-order valence-electron chi connectivity index (χ4n) is 2.84. The topological polar surface area (TPSA) is 98.1 Å². The molecular formula is C21H15N3O3. The lowest BCUT2D eigenvalue weighted by Gasteiger charge is -2.02. The third-order valence-corrected chi connectivity index (χ3v) is 4.13. The van der Waals surface area contributed by atoms with Crippen LogP contribution in [0.15, 0.2) is 72.8 Å². The van der Waals surface area contributed by atoms with E-state index in [1.807, 2.05) is 30.3 Å². The second-order valence-electron chi connectivity index (χ2n) is 5.96. The van der Waals surface area contributed by atoms with Crippen molar-refractivity contribution in [3.8, 4) is 17.1 Å². The average molecular weight is 357 g/mol. The first-order chi connectivity index (χ1) is 13.1. The Morgan fingerprint density at radius 3 is 2.30 bits per heavy atom. The number of imidazole rings is 1. The Kier molecular flexibility index (Phi) is 4.14. The monoisotopic (exact) mass is 357 g/mol. The fraction of sp³-hybridized carbons (Fsp3) is 0. The van der Waals surface area contributed by atoms with E-state index in [-0.39, 0.29) is 5.78 Å². The van der Waals surface area contributed by atoms with Crippen LogP contribution in [0.25, 0.3) is 22.4 Å². The number of nitrogens with two attached hydrogens (primary N) is 1. The first-order valence-electron chi connectivity index (χ1n) is 8.27. The van der Waals surface area contributed by atoms with Gasteiger partial charge < -0.3 is 15.5 Å². The Balaban J connectivity index is 1.62. The zero-order chi connectivity index (χ0) is 18.8. The normalized spacial score (nSPS) is 10.7. The van der Waals surface area contributed by atoms with E-state index in [2.05, 4.69) is 9.97 Å². The van der Waals surface area contributed by atoms with Crippen molar-refractivity contribution in [1.29, 1.82) is 0 Å².